The summed E-state index contributed by atoms with van der Waals surface area (Å²) in [6.45, 7) is 0. The minimum atomic E-state index is -0.594. The largest absolute Gasteiger partial charge is 0.457 e. The maximum atomic E-state index is 6.73. The zero-order valence-corrected chi connectivity index (χ0v) is 45.2. The van der Waals surface area contributed by atoms with Crippen molar-refractivity contribution in [2.24, 2.45) is 0 Å². The maximum Gasteiger partial charge on any atom is 0.132 e. The number of nitrogens with zero attached hydrogens (tertiary/aromatic N) is 1. The van der Waals surface area contributed by atoms with E-state index in [9.17, 15) is 0 Å². The molecule has 388 valence electrons. The highest BCUT2D eigenvalue weighted by Gasteiger charge is 2.53. The molecule has 0 fully saturated rings. The third-order valence-corrected chi connectivity index (χ3v) is 18.0. The Morgan fingerprint density at radius 1 is 0.217 bits per heavy atom. The molecule has 2 heterocycles. The minimum Gasteiger partial charge on any atom is -0.457 e. The van der Waals surface area contributed by atoms with E-state index in [1.165, 1.54) is 66.8 Å². The van der Waals surface area contributed by atoms with Gasteiger partial charge in [0, 0.05) is 39.2 Å². The van der Waals surface area contributed by atoms with Gasteiger partial charge in [0.1, 0.15) is 23.0 Å². The summed E-state index contributed by atoms with van der Waals surface area (Å²) < 4.78 is 13.4. The third-order valence-electron chi connectivity index (χ3n) is 18.0. The van der Waals surface area contributed by atoms with E-state index in [-0.39, 0.29) is 0 Å². The summed E-state index contributed by atoms with van der Waals surface area (Å²) in [5.41, 5.74) is 26.0. The topological polar surface area (TPSA) is 21.7 Å². The molecule has 0 N–H and O–H groups in total. The van der Waals surface area contributed by atoms with Crippen LogP contribution in [0.2, 0.25) is 0 Å². The molecular formula is C80H51NO2. The van der Waals surface area contributed by atoms with E-state index >= 15 is 0 Å². The molecule has 0 bridgehead atoms. The van der Waals surface area contributed by atoms with Gasteiger partial charge < -0.3 is 14.4 Å². The predicted molar refractivity (Wildman–Crippen MR) is 338 cm³/mol. The van der Waals surface area contributed by atoms with Gasteiger partial charge in [0.25, 0.3) is 0 Å². The number of fused-ring (bicyclic) bond motifs is 18. The second-order valence-corrected chi connectivity index (χ2v) is 22.2. The molecular weight excluding hydrogens is 1010 g/mol. The molecule has 2 spiro atoms. The van der Waals surface area contributed by atoms with Crippen LogP contribution in [0.5, 0.6) is 23.0 Å². The zero-order chi connectivity index (χ0) is 54.6. The van der Waals surface area contributed by atoms with Gasteiger partial charge in [0.05, 0.1) is 16.5 Å². The average molecular weight is 1060 g/mol. The van der Waals surface area contributed by atoms with Crippen LogP contribution in [0.3, 0.4) is 0 Å². The van der Waals surface area contributed by atoms with Gasteiger partial charge in [0.2, 0.25) is 0 Å². The predicted octanol–water partition coefficient (Wildman–Crippen LogP) is 20.8. The molecule has 0 amide bonds. The van der Waals surface area contributed by atoms with Crippen molar-refractivity contribution in [3.8, 4) is 89.8 Å². The lowest BCUT2D eigenvalue weighted by molar-refractivity contribution is 0.436. The molecule has 13 aromatic carbocycles. The van der Waals surface area contributed by atoms with E-state index in [0.29, 0.717) is 0 Å². The van der Waals surface area contributed by atoms with Crippen LogP contribution >= 0.6 is 0 Å². The Kier molecular flexibility index (Phi) is 10.4. The number of hydrogen-bond acceptors (Lipinski definition) is 3. The lowest BCUT2D eigenvalue weighted by Gasteiger charge is -2.39. The number of hydrogen-bond donors (Lipinski definition) is 0. The highest BCUT2D eigenvalue weighted by Crippen LogP contribution is 2.65. The van der Waals surface area contributed by atoms with E-state index in [1.807, 2.05) is 0 Å². The smallest absolute Gasteiger partial charge is 0.132 e. The molecule has 0 aromatic heterocycles. The summed E-state index contributed by atoms with van der Waals surface area (Å²) in [6, 6.07) is 113. The van der Waals surface area contributed by atoms with E-state index in [2.05, 4.69) is 314 Å². The van der Waals surface area contributed by atoms with Gasteiger partial charge in [-0.2, -0.15) is 0 Å². The molecule has 0 saturated carbocycles. The lowest BCUT2D eigenvalue weighted by atomic mass is 9.66. The Hall–Kier alpha value is -10.7. The number of benzene rings is 13. The Bertz CT molecular complexity index is 4660. The van der Waals surface area contributed by atoms with Crippen LogP contribution < -0.4 is 14.4 Å². The van der Waals surface area contributed by atoms with Crippen LogP contribution in [0, 0.1) is 0 Å². The quantitative estimate of drug-likeness (QED) is 0.159. The molecule has 0 radical (unpaired) electrons. The summed E-state index contributed by atoms with van der Waals surface area (Å²) in [5, 5.41) is 0. The highest BCUT2D eigenvalue weighted by atomic mass is 16.5. The summed E-state index contributed by atoms with van der Waals surface area (Å²) >= 11 is 0. The molecule has 0 saturated heterocycles. The Morgan fingerprint density at radius 3 is 1.14 bits per heavy atom. The third kappa shape index (κ3) is 6.86. The SMILES string of the molecule is c1ccc(-c2cccc(-c3ccc(N(c4ccc(-c5ccc6c(c5)C5(c7ccccc7Oc7ccccc75)c5ccccc5-6)cc4)c4ccccc4-c4cccc5c4-c4ccccc4C54c5ccccc5Oc5ccccc54)cc3)c2)cc1. The molecule has 4 aliphatic rings. The van der Waals surface area contributed by atoms with Gasteiger partial charge in [-0.05, 0) is 150 Å². The molecule has 3 heteroatoms. The van der Waals surface area contributed by atoms with Crippen LogP contribution in [0.15, 0.2) is 309 Å². The van der Waals surface area contributed by atoms with Crippen molar-refractivity contribution in [2.45, 2.75) is 10.8 Å². The fraction of sp³-hybridized carbons (Fsp3) is 0.0250. The Labute approximate surface area is 483 Å². The average Bonchev–Trinajstić information content (AvgIpc) is 1.96. The molecule has 3 nitrogen and oxygen atoms in total. The first-order chi connectivity index (χ1) is 41.2. The second kappa shape index (κ2) is 18.4. The normalized spacial score (nSPS) is 13.7. The maximum absolute atomic E-state index is 6.73. The summed E-state index contributed by atoms with van der Waals surface area (Å²) in [6.07, 6.45) is 0. The number of rotatable bonds is 7. The number of ether oxygens (including phenoxy) is 2. The molecule has 2 aliphatic carbocycles. The van der Waals surface area contributed by atoms with E-state index in [4.69, 9.17) is 9.47 Å². The van der Waals surface area contributed by atoms with Gasteiger partial charge in [-0.3, -0.25) is 0 Å². The minimum absolute atomic E-state index is 0.557. The van der Waals surface area contributed by atoms with Crippen molar-refractivity contribution < 1.29 is 9.47 Å². The Morgan fingerprint density at radius 2 is 0.578 bits per heavy atom. The first kappa shape index (κ1) is 47.1. The lowest BCUT2D eigenvalue weighted by Crippen LogP contribution is -2.32. The Balaban J connectivity index is 0.832. The van der Waals surface area contributed by atoms with Crippen molar-refractivity contribution in [1.29, 1.82) is 0 Å². The first-order valence-corrected chi connectivity index (χ1v) is 28.6. The van der Waals surface area contributed by atoms with E-state index < -0.39 is 10.8 Å². The zero-order valence-electron chi connectivity index (χ0n) is 45.2. The van der Waals surface area contributed by atoms with E-state index in [1.54, 1.807) is 0 Å². The molecule has 83 heavy (non-hydrogen) atoms. The summed E-state index contributed by atoms with van der Waals surface area (Å²) in [4.78, 5) is 2.45. The summed E-state index contributed by atoms with van der Waals surface area (Å²) in [7, 11) is 0. The fourth-order valence-electron chi connectivity index (χ4n) is 14.6. The van der Waals surface area contributed by atoms with Crippen LogP contribution in [0.1, 0.15) is 44.5 Å². The van der Waals surface area contributed by atoms with E-state index in [0.717, 1.165) is 84.6 Å². The van der Waals surface area contributed by atoms with Gasteiger partial charge in [-0.1, -0.05) is 243 Å². The number of anilines is 3. The van der Waals surface area contributed by atoms with Gasteiger partial charge >= 0.3 is 0 Å². The van der Waals surface area contributed by atoms with Gasteiger partial charge in [-0.15, -0.1) is 0 Å². The molecule has 17 rings (SSSR count). The van der Waals surface area contributed by atoms with Crippen LogP contribution in [-0.2, 0) is 10.8 Å². The van der Waals surface area contributed by atoms with Crippen molar-refractivity contribution in [3.63, 3.8) is 0 Å². The van der Waals surface area contributed by atoms with Crippen molar-refractivity contribution >= 4 is 17.1 Å². The summed E-state index contributed by atoms with van der Waals surface area (Å²) in [5.74, 6) is 3.55. The fourth-order valence-corrected chi connectivity index (χ4v) is 14.6. The second-order valence-electron chi connectivity index (χ2n) is 22.2. The molecule has 13 aromatic rings. The van der Waals surface area contributed by atoms with Crippen molar-refractivity contribution in [1.82, 2.24) is 0 Å². The van der Waals surface area contributed by atoms with Crippen LogP contribution in [0.25, 0.3) is 66.8 Å². The van der Waals surface area contributed by atoms with Crippen LogP contribution in [0.4, 0.5) is 17.1 Å². The van der Waals surface area contributed by atoms with Gasteiger partial charge in [0.15, 0.2) is 0 Å². The van der Waals surface area contributed by atoms with Gasteiger partial charge in [-0.25, -0.2) is 0 Å². The monoisotopic (exact) mass is 1060 g/mol. The standard InChI is InChI=1S/C80H51NO2/c1-2-20-52(21-3-1)55-22-18-23-56(50-55)53-40-45-58(46-41-53)81(59-47-42-54(43-48-59)57-44-49-61-60-24-4-7-28-65(60)80(72(61)51-57)69-32-11-16-38-76(69)83-77-39-17-12-33-70(77)80)73-35-13-6-25-62(73)63-27-19-34-71-78(63)64-26-5-8-29-66(64)79(71)67-30-9-14-36-74(67)82-75-37-15-10-31-68(75)79/h1-51H. The molecule has 0 unspecified atom stereocenters. The molecule has 2 aliphatic heterocycles. The van der Waals surface area contributed by atoms with Crippen LogP contribution in [-0.4, -0.2) is 0 Å². The van der Waals surface area contributed by atoms with Crippen molar-refractivity contribution in [3.05, 3.63) is 354 Å². The first-order valence-electron chi connectivity index (χ1n) is 28.6. The molecule has 0 atom stereocenters. The van der Waals surface area contributed by atoms with Crippen molar-refractivity contribution in [2.75, 3.05) is 4.90 Å². The highest BCUT2D eigenvalue weighted by molar-refractivity contribution is 6.01. The number of para-hydroxylation sites is 5.